The van der Waals surface area contributed by atoms with Crippen molar-refractivity contribution in [3.05, 3.63) is 51.5 Å². The number of aliphatic hydroxyl groups excluding tert-OH is 1. The minimum atomic E-state index is -0.0387. The van der Waals surface area contributed by atoms with Crippen molar-refractivity contribution >= 4 is 28.9 Å². The number of nitrogens with one attached hydrogen (secondary N) is 1. The van der Waals surface area contributed by atoms with E-state index in [2.05, 4.69) is 5.32 Å². The average Bonchev–Trinajstić information content (AvgIpc) is 2.54. The number of aliphatic hydroxyl groups is 1. The van der Waals surface area contributed by atoms with E-state index in [1.54, 1.807) is 38.5 Å². The van der Waals surface area contributed by atoms with Crippen LogP contribution in [-0.4, -0.2) is 19.3 Å². The molecule has 0 aromatic heterocycles. The molecule has 4 nitrogen and oxygen atoms in total. The van der Waals surface area contributed by atoms with Crippen molar-refractivity contribution in [2.75, 3.05) is 19.5 Å². The molecule has 118 valence electrons. The Morgan fingerprint density at radius 3 is 2.50 bits per heavy atom. The van der Waals surface area contributed by atoms with Crippen LogP contribution in [-0.2, 0) is 13.2 Å². The summed E-state index contributed by atoms with van der Waals surface area (Å²) in [6, 6.07) is 8.98. The maximum absolute atomic E-state index is 9.19. The smallest absolute Gasteiger partial charge is 0.179 e. The summed E-state index contributed by atoms with van der Waals surface area (Å²) in [5.74, 6) is 1.08. The van der Waals surface area contributed by atoms with Gasteiger partial charge in [-0.2, -0.15) is 0 Å². The molecule has 2 rings (SSSR count). The second kappa shape index (κ2) is 7.58. The zero-order valence-electron chi connectivity index (χ0n) is 12.3. The fourth-order valence-electron chi connectivity index (χ4n) is 2.06. The molecule has 0 bridgehead atoms. The van der Waals surface area contributed by atoms with Gasteiger partial charge in [-0.25, -0.2) is 0 Å². The maximum atomic E-state index is 9.19. The molecule has 0 aliphatic carbocycles. The van der Waals surface area contributed by atoms with E-state index >= 15 is 0 Å². The van der Waals surface area contributed by atoms with Crippen LogP contribution in [0.15, 0.2) is 30.3 Å². The largest absolute Gasteiger partial charge is 0.493 e. The van der Waals surface area contributed by atoms with E-state index in [1.807, 2.05) is 6.07 Å². The van der Waals surface area contributed by atoms with Gasteiger partial charge in [0.05, 0.1) is 36.6 Å². The third-order valence-electron chi connectivity index (χ3n) is 3.25. The van der Waals surface area contributed by atoms with Gasteiger partial charge in [0.2, 0.25) is 0 Å². The summed E-state index contributed by atoms with van der Waals surface area (Å²) in [6.07, 6.45) is 0. The second-order valence-electron chi connectivity index (χ2n) is 4.60. The lowest BCUT2D eigenvalue weighted by atomic mass is 10.1. The Balaban J connectivity index is 2.22. The Morgan fingerprint density at radius 2 is 1.86 bits per heavy atom. The molecule has 0 radical (unpaired) electrons. The standard InChI is InChI=1S/C16H17Cl2NO3/c1-21-14-6-4-11(15(18)16(14)22-2)8-19-13-7-10(9-20)3-5-12(13)17/h3-7,19-20H,8-9H2,1-2H3. The van der Waals surface area contributed by atoms with Gasteiger partial charge in [-0.15, -0.1) is 0 Å². The highest BCUT2D eigenvalue weighted by atomic mass is 35.5. The first-order valence-electron chi connectivity index (χ1n) is 6.63. The van der Waals surface area contributed by atoms with E-state index in [4.69, 9.17) is 32.7 Å². The highest BCUT2D eigenvalue weighted by Crippen LogP contribution is 2.37. The molecule has 0 unspecified atom stereocenters. The molecule has 0 saturated carbocycles. The first-order valence-corrected chi connectivity index (χ1v) is 7.38. The van der Waals surface area contributed by atoms with Crippen LogP contribution in [0, 0.1) is 0 Å². The van der Waals surface area contributed by atoms with Crippen molar-refractivity contribution in [1.29, 1.82) is 0 Å². The Hall–Kier alpha value is -1.62. The molecule has 0 saturated heterocycles. The zero-order chi connectivity index (χ0) is 16.1. The van der Waals surface area contributed by atoms with E-state index < -0.39 is 0 Å². The topological polar surface area (TPSA) is 50.7 Å². The van der Waals surface area contributed by atoms with Crippen molar-refractivity contribution in [2.45, 2.75) is 13.2 Å². The van der Waals surface area contributed by atoms with Crippen LogP contribution in [0.5, 0.6) is 11.5 Å². The highest BCUT2D eigenvalue weighted by molar-refractivity contribution is 6.33. The Kier molecular flexibility index (Phi) is 5.77. The van der Waals surface area contributed by atoms with Crippen LogP contribution in [0.25, 0.3) is 0 Å². The Bertz CT molecular complexity index is 662. The van der Waals surface area contributed by atoms with Crippen LogP contribution in [0.3, 0.4) is 0 Å². The van der Waals surface area contributed by atoms with Gasteiger partial charge in [0.1, 0.15) is 0 Å². The quantitative estimate of drug-likeness (QED) is 0.829. The molecule has 0 fully saturated rings. The van der Waals surface area contributed by atoms with Crippen LogP contribution in [0.1, 0.15) is 11.1 Å². The normalized spacial score (nSPS) is 10.4. The lowest BCUT2D eigenvalue weighted by molar-refractivity contribution is 0.282. The van der Waals surface area contributed by atoms with Gasteiger partial charge in [0.25, 0.3) is 0 Å². The number of hydrogen-bond donors (Lipinski definition) is 2. The second-order valence-corrected chi connectivity index (χ2v) is 5.39. The first-order chi connectivity index (χ1) is 10.6. The molecule has 2 N–H and O–H groups in total. The summed E-state index contributed by atoms with van der Waals surface area (Å²) >= 11 is 12.5. The molecule has 0 atom stereocenters. The van der Waals surface area contributed by atoms with Crippen molar-refractivity contribution in [2.24, 2.45) is 0 Å². The van der Waals surface area contributed by atoms with Crippen molar-refractivity contribution in [3.63, 3.8) is 0 Å². The first kappa shape index (κ1) is 16.7. The minimum Gasteiger partial charge on any atom is -0.493 e. The van der Waals surface area contributed by atoms with Gasteiger partial charge in [0, 0.05) is 6.54 Å². The molecule has 2 aromatic carbocycles. The number of benzene rings is 2. The van der Waals surface area contributed by atoms with Gasteiger partial charge in [0.15, 0.2) is 11.5 Å². The van der Waals surface area contributed by atoms with Gasteiger partial charge in [-0.1, -0.05) is 35.3 Å². The zero-order valence-corrected chi connectivity index (χ0v) is 13.8. The Labute approximate surface area is 139 Å². The lowest BCUT2D eigenvalue weighted by Gasteiger charge is -2.14. The predicted octanol–water partition coefficient (Wildman–Crippen LogP) is 4.12. The maximum Gasteiger partial charge on any atom is 0.179 e. The fourth-order valence-corrected chi connectivity index (χ4v) is 2.55. The predicted molar refractivity (Wildman–Crippen MR) is 89.3 cm³/mol. The third kappa shape index (κ3) is 3.58. The summed E-state index contributed by atoms with van der Waals surface area (Å²) in [5.41, 5.74) is 2.37. The van der Waals surface area contributed by atoms with Crippen LogP contribution < -0.4 is 14.8 Å². The van der Waals surface area contributed by atoms with Crippen molar-refractivity contribution in [3.8, 4) is 11.5 Å². The molecule has 0 heterocycles. The SMILES string of the molecule is COc1ccc(CNc2cc(CO)ccc2Cl)c(Cl)c1OC. The molecule has 0 aliphatic heterocycles. The molecule has 6 heteroatoms. The summed E-state index contributed by atoms with van der Waals surface area (Å²) in [5, 5.41) is 13.5. The molecular formula is C16H17Cl2NO3. The number of ether oxygens (including phenoxy) is 2. The number of methoxy groups -OCH3 is 2. The summed E-state index contributed by atoms with van der Waals surface area (Å²) in [7, 11) is 3.11. The van der Waals surface area contributed by atoms with Gasteiger partial charge < -0.3 is 19.9 Å². The average molecular weight is 342 g/mol. The fraction of sp³-hybridized carbons (Fsp3) is 0.250. The Morgan fingerprint density at radius 1 is 1.09 bits per heavy atom. The van der Waals surface area contributed by atoms with Crippen LogP contribution in [0.2, 0.25) is 10.0 Å². The molecule has 22 heavy (non-hydrogen) atoms. The number of anilines is 1. The van der Waals surface area contributed by atoms with E-state index in [1.165, 1.54) is 0 Å². The van der Waals surface area contributed by atoms with E-state index in [0.29, 0.717) is 28.1 Å². The third-order valence-corrected chi connectivity index (χ3v) is 3.99. The summed E-state index contributed by atoms with van der Waals surface area (Å²) in [6.45, 7) is 0.427. The molecule has 2 aromatic rings. The van der Waals surface area contributed by atoms with Crippen molar-refractivity contribution < 1.29 is 14.6 Å². The lowest BCUT2D eigenvalue weighted by Crippen LogP contribution is -2.03. The minimum absolute atomic E-state index is 0.0387. The number of rotatable bonds is 6. The summed E-state index contributed by atoms with van der Waals surface area (Å²) in [4.78, 5) is 0. The van der Waals surface area contributed by atoms with Crippen LogP contribution in [0.4, 0.5) is 5.69 Å². The molecular weight excluding hydrogens is 325 g/mol. The monoisotopic (exact) mass is 341 g/mol. The summed E-state index contributed by atoms with van der Waals surface area (Å²) < 4.78 is 10.5. The van der Waals surface area contributed by atoms with Crippen LogP contribution >= 0.6 is 23.2 Å². The van der Waals surface area contributed by atoms with E-state index in [9.17, 15) is 5.11 Å². The molecule has 0 spiro atoms. The van der Waals surface area contributed by atoms with Gasteiger partial charge in [-0.3, -0.25) is 0 Å². The van der Waals surface area contributed by atoms with Gasteiger partial charge in [-0.05, 0) is 29.3 Å². The molecule has 0 aliphatic rings. The number of hydrogen-bond acceptors (Lipinski definition) is 4. The van der Waals surface area contributed by atoms with Gasteiger partial charge >= 0.3 is 0 Å². The number of halogens is 2. The van der Waals surface area contributed by atoms with Crippen molar-refractivity contribution in [1.82, 2.24) is 0 Å². The molecule has 0 amide bonds. The van der Waals surface area contributed by atoms with E-state index in [-0.39, 0.29) is 6.61 Å². The van der Waals surface area contributed by atoms with E-state index in [0.717, 1.165) is 16.8 Å². The highest BCUT2D eigenvalue weighted by Gasteiger charge is 2.13.